The van der Waals surface area contributed by atoms with Gasteiger partial charge in [-0.2, -0.15) is 0 Å². The average Bonchev–Trinajstić information content (AvgIpc) is 3.10. The fourth-order valence-electron chi connectivity index (χ4n) is 3.40. The highest BCUT2D eigenvalue weighted by atomic mass is 16.5. The van der Waals surface area contributed by atoms with E-state index in [2.05, 4.69) is 23.7 Å². The Bertz CT molecular complexity index is 1130. The average molecular weight is 414 g/mol. The molecule has 0 spiro atoms. The molecule has 3 aromatic rings. The molecule has 0 atom stereocenters. The predicted octanol–water partition coefficient (Wildman–Crippen LogP) is 4.76. The number of benzene rings is 2. The quantitative estimate of drug-likeness (QED) is 0.329. The Morgan fingerprint density at radius 3 is 2.55 bits per heavy atom. The number of hydrogen-bond acceptors (Lipinski definition) is 6. The summed E-state index contributed by atoms with van der Waals surface area (Å²) in [6.45, 7) is 6.09. The molecule has 0 bridgehead atoms. The molecular weight excluding hydrogens is 392 g/mol. The topological polar surface area (TPSA) is 68.7 Å². The fourth-order valence-corrected chi connectivity index (χ4v) is 3.40. The van der Waals surface area contributed by atoms with Gasteiger partial charge in [0.2, 0.25) is 5.78 Å². The number of hydrogen-bond donors (Lipinski definition) is 0. The van der Waals surface area contributed by atoms with E-state index in [4.69, 9.17) is 9.47 Å². The molecule has 0 N–H and O–H groups in total. The number of pyridine rings is 1. The summed E-state index contributed by atoms with van der Waals surface area (Å²) < 4.78 is 11.1. The Hall–Kier alpha value is -3.93. The number of rotatable bonds is 6. The minimum Gasteiger partial charge on any atom is -0.452 e. The third-order valence-electron chi connectivity index (χ3n) is 5.07. The normalized spacial score (nSPS) is 13.6. The van der Waals surface area contributed by atoms with Gasteiger partial charge in [-0.15, -0.1) is 0 Å². The number of carbonyl (C=O) groups is 2. The van der Waals surface area contributed by atoms with Crippen molar-refractivity contribution in [1.29, 1.82) is 0 Å². The molecule has 0 saturated heterocycles. The highest BCUT2D eigenvalue weighted by Gasteiger charge is 2.28. The maximum absolute atomic E-state index is 12.7. The maximum atomic E-state index is 12.7. The van der Waals surface area contributed by atoms with Crippen molar-refractivity contribution >= 4 is 23.5 Å². The molecule has 0 radical (unpaired) electrons. The smallest absolute Gasteiger partial charge is 0.345 e. The van der Waals surface area contributed by atoms with Crippen LogP contribution in [0.3, 0.4) is 0 Å². The summed E-state index contributed by atoms with van der Waals surface area (Å²) in [5, 5.41) is 0. The second-order valence-electron chi connectivity index (χ2n) is 6.99. The largest absolute Gasteiger partial charge is 0.452 e. The van der Waals surface area contributed by atoms with Crippen LogP contribution >= 0.6 is 0 Å². The van der Waals surface area contributed by atoms with Crippen molar-refractivity contribution in [3.8, 4) is 11.5 Å². The molecule has 31 heavy (non-hydrogen) atoms. The van der Waals surface area contributed by atoms with Gasteiger partial charge in [-0.05, 0) is 61.9 Å². The van der Waals surface area contributed by atoms with E-state index >= 15 is 0 Å². The first kappa shape index (κ1) is 20.3. The van der Waals surface area contributed by atoms with Crippen LogP contribution in [0.15, 0.2) is 72.8 Å². The maximum Gasteiger partial charge on any atom is 0.345 e. The molecule has 0 fully saturated rings. The number of allylic oxidation sites excluding steroid dienone is 1. The summed E-state index contributed by atoms with van der Waals surface area (Å²) in [5.41, 5.74) is 2.78. The van der Waals surface area contributed by atoms with Gasteiger partial charge in [0.15, 0.2) is 5.76 Å². The van der Waals surface area contributed by atoms with Crippen LogP contribution < -0.4 is 14.4 Å². The Kier molecular flexibility index (Phi) is 5.80. The summed E-state index contributed by atoms with van der Waals surface area (Å²) >= 11 is 0. The van der Waals surface area contributed by atoms with Crippen LogP contribution in [0, 0.1) is 0 Å². The lowest BCUT2D eigenvalue weighted by Gasteiger charge is -2.20. The minimum absolute atomic E-state index is 0.201. The number of carbonyl (C=O) groups excluding carboxylic acids is 2. The van der Waals surface area contributed by atoms with Crippen LogP contribution in [0.4, 0.5) is 5.69 Å². The van der Waals surface area contributed by atoms with Gasteiger partial charge < -0.3 is 14.4 Å². The van der Waals surface area contributed by atoms with E-state index in [0.29, 0.717) is 22.6 Å². The Labute approximate surface area is 180 Å². The summed E-state index contributed by atoms with van der Waals surface area (Å²) in [4.78, 5) is 31.1. The zero-order valence-electron chi connectivity index (χ0n) is 17.4. The van der Waals surface area contributed by atoms with Crippen LogP contribution in [0.2, 0.25) is 0 Å². The molecule has 2 aromatic carbocycles. The lowest BCUT2D eigenvalue weighted by Crippen LogP contribution is -2.21. The van der Waals surface area contributed by atoms with Gasteiger partial charge in [0, 0.05) is 37.2 Å². The summed E-state index contributed by atoms with van der Waals surface area (Å²) in [5.74, 6) is 0.174. The van der Waals surface area contributed by atoms with Crippen LogP contribution in [0.1, 0.15) is 40.1 Å². The van der Waals surface area contributed by atoms with E-state index in [-0.39, 0.29) is 11.5 Å². The SMILES string of the molecule is CCN(CC)c1ccc(/C=C2\Oc3cc(OC(=O)c4cccnc4)ccc3C2=O)cc1. The van der Waals surface area contributed by atoms with Crippen LogP contribution in [0.5, 0.6) is 11.5 Å². The number of esters is 1. The summed E-state index contributed by atoms with van der Waals surface area (Å²) in [7, 11) is 0. The number of ketones is 1. The standard InChI is InChI=1S/C25H22N2O4/c1-3-27(4-2)19-9-7-17(8-10-19)14-23-24(28)21-12-11-20(15-22(21)31-23)30-25(29)18-6-5-13-26-16-18/h5-16H,3-4H2,1-2H3/b23-14-. The Morgan fingerprint density at radius 1 is 1.10 bits per heavy atom. The van der Waals surface area contributed by atoms with Crippen molar-refractivity contribution < 1.29 is 19.1 Å². The van der Waals surface area contributed by atoms with Crippen molar-refractivity contribution in [3.63, 3.8) is 0 Å². The molecule has 1 aliphatic rings. The third kappa shape index (κ3) is 4.33. The molecule has 0 unspecified atom stereocenters. The van der Waals surface area contributed by atoms with E-state index < -0.39 is 5.97 Å². The third-order valence-corrected chi connectivity index (χ3v) is 5.07. The van der Waals surface area contributed by atoms with Crippen molar-refractivity contribution in [2.75, 3.05) is 18.0 Å². The number of ether oxygens (including phenoxy) is 2. The number of anilines is 1. The van der Waals surface area contributed by atoms with E-state index in [9.17, 15) is 9.59 Å². The number of aromatic nitrogens is 1. The van der Waals surface area contributed by atoms with Crippen LogP contribution in [0.25, 0.3) is 6.08 Å². The molecule has 1 aromatic heterocycles. The lowest BCUT2D eigenvalue weighted by molar-refractivity contribution is 0.0734. The van der Waals surface area contributed by atoms with Gasteiger partial charge in [-0.3, -0.25) is 9.78 Å². The van der Waals surface area contributed by atoms with Gasteiger partial charge in [0.05, 0.1) is 11.1 Å². The number of Topliss-reactive ketones (excluding diaryl/α,β-unsaturated/α-hetero) is 1. The molecule has 156 valence electrons. The first-order valence-electron chi connectivity index (χ1n) is 10.1. The zero-order chi connectivity index (χ0) is 21.8. The number of nitrogens with zero attached hydrogens (tertiary/aromatic N) is 2. The lowest BCUT2D eigenvalue weighted by atomic mass is 10.1. The molecule has 0 saturated carbocycles. The minimum atomic E-state index is -0.526. The highest BCUT2D eigenvalue weighted by molar-refractivity contribution is 6.14. The first-order chi connectivity index (χ1) is 15.1. The van der Waals surface area contributed by atoms with Gasteiger partial charge in [-0.1, -0.05) is 12.1 Å². The van der Waals surface area contributed by atoms with Gasteiger partial charge >= 0.3 is 5.97 Å². The second kappa shape index (κ2) is 8.83. The molecule has 2 heterocycles. The van der Waals surface area contributed by atoms with E-state index in [1.807, 2.05) is 24.3 Å². The van der Waals surface area contributed by atoms with Gasteiger partial charge in [-0.25, -0.2) is 4.79 Å². The fraction of sp³-hybridized carbons (Fsp3) is 0.160. The second-order valence-corrected chi connectivity index (χ2v) is 6.99. The van der Waals surface area contributed by atoms with Crippen molar-refractivity contribution in [2.24, 2.45) is 0 Å². The molecular formula is C25H22N2O4. The summed E-state index contributed by atoms with van der Waals surface area (Å²) in [6.07, 6.45) is 4.73. The molecule has 1 aliphatic heterocycles. The van der Waals surface area contributed by atoms with E-state index in [0.717, 1.165) is 24.3 Å². The molecule has 6 heteroatoms. The van der Waals surface area contributed by atoms with Crippen molar-refractivity contribution in [3.05, 3.63) is 89.4 Å². The van der Waals surface area contributed by atoms with Crippen molar-refractivity contribution in [2.45, 2.75) is 13.8 Å². The molecule has 0 amide bonds. The monoisotopic (exact) mass is 414 g/mol. The molecule has 0 aliphatic carbocycles. The predicted molar refractivity (Wildman–Crippen MR) is 119 cm³/mol. The highest BCUT2D eigenvalue weighted by Crippen LogP contribution is 2.35. The first-order valence-corrected chi connectivity index (χ1v) is 10.1. The van der Waals surface area contributed by atoms with Crippen LogP contribution in [-0.2, 0) is 0 Å². The Morgan fingerprint density at radius 2 is 1.87 bits per heavy atom. The van der Waals surface area contributed by atoms with Crippen LogP contribution in [-0.4, -0.2) is 29.8 Å². The van der Waals surface area contributed by atoms with Gasteiger partial charge in [0.1, 0.15) is 11.5 Å². The van der Waals surface area contributed by atoms with E-state index in [1.54, 1.807) is 42.6 Å². The zero-order valence-corrected chi connectivity index (χ0v) is 17.4. The summed E-state index contributed by atoms with van der Waals surface area (Å²) in [6, 6.07) is 16.0. The number of fused-ring (bicyclic) bond motifs is 1. The van der Waals surface area contributed by atoms with Crippen molar-refractivity contribution in [1.82, 2.24) is 4.98 Å². The molecule has 4 rings (SSSR count). The Balaban J connectivity index is 1.50. The molecule has 6 nitrogen and oxygen atoms in total. The van der Waals surface area contributed by atoms with E-state index in [1.165, 1.54) is 6.20 Å². The van der Waals surface area contributed by atoms with Gasteiger partial charge in [0.25, 0.3) is 0 Å².